The van der Waals surface area contributed by atoms with Gasteiger partial charge in [0.2, 0.25) is 0 Å². The van der Waals surface area contributed by atoms with Crippen molar-refractivity contribution in [1.29, 1.82) is 10.5 Å². The number of H-pyrrole nitrogens is 1. The van der Waals surface area contributed by atoms with E-state index < -0.39 is 77.3 Å². The summed E-state index contributed by atoms with van der Waals surface area (Å²) in [5.74, 6) is -0.778. The van der Waals surface area contributed by atoms with Crippen LogP contribution in [0.5, 0.6) is 5.88 Å². The van der Waals surface area contributed by atoms with E-state index in [-0.39, 0.29) is 72.7 Å². The first-order chi connectivity index (χ1) is 28.2. The van der Waals surface area contributed by atoms with E-state index >= 15 is 0 Å². The van der Waals surface area contributed by atoms with Crippen molar-refractivity contribution in [3.8, 4) is 18.0 Å². The molecule has 0 bridgehead atoms. The Labute approximate surface area is 326 Å². The summed E-state index contributed by atoms with van der Waals surface area (Å²) in [7, 11) is -9.08. The number of phosphoric ester groups is 2. The zero-order chi connectivity index (χ0) is 40.3. The average molecular weight is 839 g/mol. The monoisotopic (exact) mass is 838 g/mol. The second-order valence-electron chi connectivity index (χ2n) is 12.8. The summed E-state index contributed by atoms with van der Waals surface area (Å²) < 4.78 is 84.6. The molecule has 58 heavy (non-hydrogen) atoms. The molecular weight excluding hydrogens is 806 g/mol. The number of carbonyl (C=O) groups is 1. The van der Waals surface area contributed by atoms with E-state index in [1.54, 1.807) is 30.3 Å². The number of phosphoric acid groups is 2. The fourth-order valence-corrected chi connectivity index (χ4v) is 9.23. The summed E-state index contributed by atoms with van der Waals surface area (Å²) in [6, 6.07) is 12.1. The van der Waals surface area contributed by atoms with Crippen molar-refractivity contribution < 1.29 is 55.3 Å². The molecule has 0 saturated carbocycles. The molecule has 3 aliphatic rings. The molecule has 4 aromatic heterocycles. The number of fused-ring (bicyclic) bond motifs is 4. The number of carbonyl (C=O) groups excluding carboxylic acids is 1. The van der Waals surface area contributed by atoms with Crippen molar-refractivity contribution in [1.82, 2.24) is 39.0 Å². The highest BCUT2D eigenvalue weighted by Gasteiger charge is 2.49. The maximum atomic E-state index is 14.3. The molecule has 0 aliphatic carbocycles. The first kappa shape index (κ1) is 39.5. The summed E-state index contributed by atoms with van der Waals surface area (Å²) >= 11 is 0. The molecule has 6 unspecified atom stereocenters. The molecule has 0 amide bonds. The number of ether oxygens (including phenoxy) is 3. The SMILES string of the molecule is N#CCCOP1(=O)OCC2OC(n3cnc4c(=O)[nH]cnc43)C[C@@H]2OP(=O)(OCCC#N)OCC2OC(n3cnc4c(OC(=O)c5ccccc5)ncnc43)C[C@@H]2O1. The van der Waals surface area contributed by atoms with Gasteiger partial charge in [0.05, 0.1) is 76.0 Å². The van der Waals surface area contributed by atoms with Gasteiger partial charge < -0.3 is 19.2 Å². The van der Waals surface area contributed by atoms with Gasteiger partial charge in [-0.15, -0.1) is 0 Å². The van der Waals surface area contributed by atoms with Crippen molar-refractivity contribution >= 4 is 43.9 Å². The van der Waals surface area contributed by atoms with Crippen molar-refractivity contribution in [3.63, 3.8) is 0 Å². The number of benzene rings is 1. The summed E-state index contributed by atoms with van der Waals surface area (Å²) in [6.07, 6.45) is -1.68. The van der Waals surface area contributed by atoms with Gasteiger partial charge in [-0.3, -0.25) is 41.1 Å². The minimum atomic E-state index is -4.54. The van der Waals surface area contributed by atoms with Gasteiger partial charge in [-0.1, -0.05) is 18.2 Å². The smallest absolute Gasteiger partial charge is 0.401 e. The Hall–Kier alpha value is -5.29. The Balaban J connectivity index is 1.08. The molecule has 8 atom stereocenters. The van der Waals surface area contributed by atoms with Gasteiger partial charge >= 0.3 is 21.6 Å². The second-order valence-corrected chi connectivity index (χ2v) is 16.0. The lowest BCUT2D eigenvalue weighted by atomic mass is 10.2. The number of esters is 1. The molecule has 3 aliphatic heterocycles. The topological polar surface area (TPSA) is 289 Å². The van der Waals surface area contributed by atoms with Gasteiger partial charge in [0.1, 0.15) is 43.2 Å². The number of rotatable bonds is 10. The number of hydrogen-bond donors (Lipinski definition) is 1. The minimum Gasteiger partial charge on any atom is -0.401 e. The average Bonchev–Trinajstić information content (AvgIpc) is 4.02. The lowest BCUT2D eigenvalue weighted by molar-refractivity contribution is -0.0703. The van der Waals surface area contributed by atoms with Gasteiger partial charge in [-0.05, 0) is 12.1 Å². The zero-order valence-electron chi connectivity index (χ0n) is 30.0. The maximum Gasteiger partial charge on any atom is 0.475 e. The third-order valence-corrected chi connectivity index (χ3v) is 12.1. The van der Waals surface area contributed by atoms with Crippen LogP contribution in [0.1, 0.15) is 48.5 Å². The van der Waals surface area contributed by atoms with Crippen LogP contribution < -0.4 is 10.3 Å². The summed E-state index contributed by atoms with van der Waals surface area (Å²) in [4.78, 5) is 48.7. The molecule has 25 heteroatoms. The van der Waals surface area contributed by atoms with E-state index in [0.717, 1.165) is 0 Å². The molecule has 3 saturated heterocycles. The predicted octanol–water partition coefficient (Wildman–Crippen LogP) is 3.65. The van der Waals surface area contributed by atoms with Crippen molar-refractivity contribution in [2.75, 3.05) is 26.4 Å². The van der Waals surface area contributed by atoms with Crippen LogP contribution in [-0.4, -0.2) is 95.9 Å². The largest absolute Gasteiger partial charge is 0.475 e. The quantitative estimate of drug-likeness (QED) is 0.119. The van der Waals surface area contributed by atoms with Gasteiger partial charge in [0, 0.05) is 12.8 Å². The molecule has 302 valence electrons. The van der Waals surface area contributed by atoms with Crippen LogP contribution in [0.4, 0.5) is 0 Å². The first-order valence-corrected chi connectivity index (χ1v) is 20.6. The molecule has 0 radical (unpaired) electrons. The van der Waals surface area contributed by atoms with Crippen molar-refractivity contribution in [3.05, 3.63) is 71.6 Å². The number of imidazole rings is 2. The standard InChI is InChI=1S/C33H32N10O13P2/c34-8-4-10-48-57(46)51-15-24-22(13-26(53-24)43-19-41-28-30(43)37-17-39-32(28)54-33(45)20-6-2-1-3-7-20)56-58(47,49-11-5-9-35)50-14-23-21(55-57)12-25(52-23)42-18-40-27-29(42)36-16-38-31(27)44/h1-3,6-7,16-19,21-26H,4-5,10-15H2,(H,36,38,44)/t21-,22-,23?,24?,25?,26?,57?,58?/m0/s1. The maximum absolute atomic E-state index is 14.3. The van der Waals surface area contributed by atoms with Crippen LogP contribution in [0, 0.1) is 22.7 Å². The molecule has 3 fully saturated rings. The predicted molar refractivity (Wildman–Crippen MR) is 191 cm³/mol. The summed E-state index contributed by atoms with van der Waals surface area (Å²) in [5, 5.41) is 18.4. The number of aromatic amines is 1. The number of hydrogen-bond acceptors (Lipinski definition) is 20. The second kappa shape index (κ2) is 16.9. The molecule has 7 heterocycles. The molecule has 1 aromatic carbocycles. The summed E-state index contributed by atoms with van der Waals surface area (Å²) in [6.45, 7) is -1.68. The van der Waals surface area contributed by atoms with Crippen LogP contribution in [0.15, 0.2) is 60.4 Å². The first-order valence-electron chi connectivity index (χ1n) is 17.7. The molecule has 0 spiro atoms. The Kier molecular flexibility index (Phi) is 11.5. The van der Waals surface area contributed by atoms with Gasteiger partial charge in [-0.2, -0.15) is 15.5 Å². The van der Waals surface area contributed by atoms with E-state index in [1.165, 1.54) is 34.4 Å². The van der Waals surface area contributed by atoms with Crippen molar-refractivity contribution in [2.45, 2.75) is 62.6 Å². The lowest BCUT2D eigenvalue weighted by Gasteiger charge is -2.29. The number of nitriles is 2. The molecule has 5 aromatic rings. The number of nitrogens with zero attached hydrogens (tertiary/aromatic N) is 9. The van der Waals surface area contributed by atoms with Crippen molar-refractivity contribution in [2.24, 2.45) is 0 Å². The van der Waals surface area contributed by atoms with Crippen LogP contribution in [0.25, 0.3) is 22.3 Å². The third-order valence-electron chi connectivity index (χ3n) is 9.12. The van der Waals surface area contributed by atoms with E-state index in [4.69, 9.17) is 41.4 Å². The van der Waals surface area contributed by atoms with Crippen LogP contribution >= 0.6 is 15.6 Å². The van der Waals surface area contributed by atoms with Gasteiger partial charge in [-0.25, -0.2) is 33.9 Å². The molecule has 8 rings (SSSR count). The summed E-state index contributed by atoms with van der Waals surface area (Å²) in [5.41, 5.74) is 0.372. The van der Waals surface area contributed by atoms with Gasteiger partial charge in [0.25, 0.3) is 11.4 Å². The van der Waals surface area contributed by atoms with E-state index in [0.29, 0.717) is 0 Å². The number of nitrogens with one attached hydrogen (secondary N) is 1. The minimum absolute atomic E-state index is 0.0355. The lowest BCUT2D eigenvalue weighted by Crippen LogP contribution is -2.33. The Morgan fingerprint density at radius 2 is 1.36 bits per heavy atom. The highest BCUT2D eigenvalue weighted by molar-refractivity contribution is 7.48. The number of aromatic nitrogens is 8. The molecule has 23 nitrogen and oxygen atoms in total. The van der Waals surface area contributed by atoms with Crippen LogP contribution in [0.2, 0.25) is 0 Å². The highest BCUT2D eigenvalue weighted by atomic mass is 31.2. The van der Waals surface area contributed by atoms with E-state index in [9.17, 15) is 29.2 Å². The Bertz CT molecular complexity index is 2540. The molecular formula is C33H32N10O13P2. The van der Waals surface area contributed by atoms with Crippen LogP contribution in [0.3, 0.4) is 0 Å². The van der Waals surface area contributed by atoms with Crippen LogP contribution in [-0.2, 0) is 45.7 Å². The highest BCUT2D eigenvalue weighted by Crippen LogP contribution is 2.58. The van der Waals surface area contributed by atoms with Gasteiger partial charge in [0.15, 0.2) is 22.3 Å². The Morgan fingerprint density at radius 3 is 1.95 bits per heavy atom. The zero-order valence-corrected chi connectivity index (χ0v) is 31.8. The van der Waals surface area contributed by atoms with E-state index in [1.807, 2.05) is 12.1 Å². The Morgan fingerprint density at radius 1 is 0.793 bits per heavy atom. The molecule has 1 N–H and O–H groups in total. The fourth-order valence-electron chi connectivity index (χ4n) is 6.44. The fraction of sp³-hybridized carbons (Fsp3) is 0.424. The van der Waals surface area contributed by atoms with E-state index in [2.05, 4.69) is 29.9 Å². The third kappa shape index (κ3) is 8.32. The normalized spacial score (nSPS) is 28.8.